The molecule has 0 unspecified atom stereocenters. The minimum atomic E-state index is -0.948. The van der Waals surface area contributed by atoms with E-state index in [0.717, 1.165) is 16.5 Å². The van der Waals surface area contributed by atoms with E-state index in [1.165, 1.54) is 6.92 Å². The zero-order valence-corrected chi connectivity index (χ0v) is 15.3. The molecule has 1 N–H and O–H groups in total. The highest BCUT2D eigenvalue weighted by Gasteiger charge is 2.24. The quantitative estimate of drug-likeness (QED) is 0.701. The van der Waals surface area contributed by atoms with Gasteiger partial charge in [0, 0.05) is 16.6 Å². The van der Waals surface area contributed by atoms with E-state index in [9.17, 15) is 9.59 Å². The highest BCUT2D eigenvalue weighted by atomic mass is 16.6. The monoisotopic (exact) mass is 351 g/mol. The average molecular weight is 351 g/mol. The molecule has 3 aromatic rings. The van der Waals surface area contributed by atoms with E-state index < -0.39 is 12.1 Å². The summed E-state index contributed by atoms with van der Waals surface area (Å²) in [5.74, 6) is -0.918. The number of para-hydroxylation sites is 1. The van der Waals surface area contributed by atoms with Crippen LogP contribution in [0.2, 0.25) is 0 Å². The molecule has 1 atom stereocenters. The summed E-state index contributed by atoms with van der Waals surface area (Å²) >= 11 is 0. The number of esters is 1. The molecule has 1 amide bonds. The van der Waals surface area contributed by atoms with Crippen LogP contribution >= 0.6 is 0 Å². The second-order valence-electron chi connectivity index (χ2n) is 6.41. The summed E-state index contributed by atoms with van der Waals surface area (Å²) in [5, 5.41) is 3.64. The Morgan fingerprint density at radius 3 is 2.50 bits per heavy atom. The first-order valence-corrected chi connectivity index (χ1v) is 8.44. The van der Waals surface area contributed by atoms with Gasteiger partial charge in [-0.1, -0.05) is 35.9 Å². The Morgan fingerprint density at radius 1 is 1.08 bits per heavy atom. The van der Waals surface area contributed by atoms with Crippen molar-refractivity contribution in [2.24, 2.45) is 0 Å². The summed E-state index contributed by atoms with van der Waals surface area (Å²) in [4.78, 5) is 24.8. The van der Waals surface area contributed by atoms with Crippen LogP contribution in [0.25, 0.3) is 11.0 Å². The Kier molecular flexibility index (Phi) is 4.80. The third-order valence-corrected chi connectivity index (χ3v) is 4.32. The lowest BCUT2D eigenvalue weighted by molar-refractivity contribution is -0.123. The van der Waals surface area contributed by atoms with Crippen molar-refractivity contribution in [1.29, 1.82) is 0 Å². The number of anilines is 1. The normalized spacial score (nSPS) is 12.0. The van der Waals surface area contributed by atoms with Gasteiger partial charge in [-0.2, -0.15) is 0 Å². The van der Waals surface area contributed by atoms with Crippen LogP contribution in [0.3, 0.4) is 0 Å². The van der Waals surface area contributed by atoms with E-state index in [2.05, 4.69) is 5.32 Å². The Balaban J connectivity index is 1.71. The lowest BCUT2D eigenvalue weighted by Crippen LogP contribution is -2.30. The Hall–Kier alpha value is -3.08. The first-order valence-electron chi connectivity index (χ1n) is 8.44. The Labute approximate surface area is 152 Å². The zero-order valence-electron chi connectivity index (χ0n) is 15.3. The van der Waals surface area contributed by atoms with E-state index in [1.54, 1.807) is 13.0 Å². The molecular formula is C21H21NO4. The molecule has 1 heterocycles. The summed E-state index contributed by atoms with van der Waals surface area (Å²) in [6.45, 7) is 7.23. The van der Waals surface area contributed by atoms with Crippen LogP contribution in [0.5, 0.6) is 0 Å². The van der Waals surface area contributed by atoms with Crippen LogP contribution in [0, 0.1) is 20.8 Å². The fraction of sp³-hybridized carbons (Fsp3) is 0.238. The number of ether oxygens (including phenoxy) is 1. The van der Waals surface area contributed by atoms with E-state index in [1.807, 2.05) is 50.2 Å². The maximum Gasteiger partial charge on any atom is 0.375 e. The second-order valence-corrected chi connectivity index (χ2v) is 6.41. The molecule has 0 bridgehead atoms. The SMILES string of the molecule is Cc1ccc(NC(=O)[C@H](C)OC(=O)c2oc3ccccc3c2C)c(C)c1. The first-order chi connectivity index (χ1) is 12.4. The highest BCUT2D eigenvalue weighted by molar-refractivity contribution is 5.99. The van der Waals surface area contributed by atoms with Gasteiger partial charge in [-0.05, 0) is 45.4 Å². The van der Waals surface area contributed by atoms with E-state index in [-0.39, 0.29) is 11.7 Å². The minimum Gasteiger partial charge on any atom is -0.449 e. The van der Waals surface area contributed by atoms with Crippen LogP contribution in [0.15, 0.2) is 46.9 Å². The molecule has 0 fully saturated rings. The van der Waals surface area contributed by atoms with Crippen LogP contribution < -0.4 is 5.32 Å². The molecule has 5 nitrogen and oxygen atoms in total. The third kappa shape index (κ3) is 3.47. The van der Waals surface area contributed by atoms with Crippen molar-refractivity contribution in [1.82, 2.24) is 0 Å². The summed E-state index contributed by atoms with van der Waals surface area (Å²) in [7, 11) is 0. The number of hydrogen-bond donors (Lipinski definition) is 1. The molecule has 0 saturated carbocycles. The standard InChI is InChI=1S/C21H21NO4/c1-12-9-10-17(13(2)11-12)22-20(23)15(4)25-21(24)19-14(3)16-7-5-6-8-18(16)26-19/h5-11,15H,1-4H3,(H,22,23)/t15-/m0/s1. The number of hydrogen-bond acceptors (Lipinski definition) is 4. The summed E-state index contributed by atoms with van der Waals surface area (Å²) in [6, 6.07) is 13.1. The van der Waals surface area contributed by atoms with Crippen LogP contribution in [0.1, 0.15) is 34.2 Å². The average Bonchev–Trinajstić information content (AvgIpc) is 2.94. The number of nitrogens with one attached hydrogen (secondary N) is 1. The molecule has 0 spiro atoms. The van der Waals surface area contributed by atoms with Gasteiger partial charge in [0.15, 0.2) is 6.10 Å². The van der Waals surface area contributed by atoms with Gasteiger partial charge in [-0.3, -0.25) is 4.79 Å². The van der Waals surface area contributed by atoms with Gasteiger partial charge in [0.2, 0.25) is 5.76 Å². The fourth-order valence-corrected chi connectivity index (χ4v) is 2.82. The van der Waals surface area contributed by atoms with E-state index in [0.29, 0.717) is 16.8 Å². The largest absolute Gasteiger partial charge is 0.449 e. The molecule has 134 valence electrons. The number of fused-ring (bicyclic) bond motifs is 1. The van der Waals surface area contributed by atoms with Crippen molar-refractivity contribution in [2.45, 2.75) is 33.8 Å². The highest BCUT2D eigenvalue weighted by Crippen LogP contribution is 2.26. The number of aryl methyl sites for hydroxylation is 3. The molecule has 0 aliphatic carbocycles. The van der Waals surface area contributed by atoms with Crippen molar-refractivity contribution < 1.29 is 18.7 Å². The van der Waals surface area contributed by atoms with E-state index >= 15 is 0 Å². The van der Waals surface area contributed by atoms with Gasteiger partial charge in [-0.15, -0.1) is 0 Å². The Morgan fingerprint density at radius 2 is 1.81 bits per heavy atom. The number of rotatable bonds is 4. The molecule has 0 radical (unpaired) electrons. The maximum absolute atomic E-state index is 12.4. The number of carbonyl (C=O) groups is 2. The molecule has 5 heteroatoms. The van der Waals surface area contributed by atoms with Crippen molar-refractivity contribution in [2.75, 3.05) is 5.32 Å². The molecule has 0 aliphatic heterocycles. The molecular weight excluding hydrogens is 330 g/mol. The molecule has 2 aromatic carbocycles. The van der Waals surface area contributed by atoms with Gasteiger partial charge in [0.25, 0.3) is 5.91 Å². The predicted molar refractivity (Wildman–Crippen MR) is 100 cm³/mol. The molecule has 3 rings (SSSR count). The van der Waals surface area contributed by atoms with Crippen LogP contribution in [-0.2, 0) is 9.53 Å². The lowest BCUT2D eigenvalue weighted by atomic mass is 10.1. The molecule has 0 saturated heterocycles. The predicted octanol–water partition coefficient (Wildman–Crippen LogP) is 4.54. The maximum atomic E-state index is 12.4. The van der Waals surface area contributed by atoms with Gasteiger partial charge >= 0.3 is 5.97 Å². The smallest absolute Gasteiger partial charge is 0.375 e. The lowest BCUT2D eigenvalue weighted by Gasteiger charge is -2.14. The zero-order chi connectivity index (χ0) is 18.8. The van der Waals surface area contributed by atoms with Gasteiger partial charge in [0.1, 0.15) is 5.58 Å². The van der Waals surface area contributed by atoms with Crippen molar-refractivity contribution in [3.05, 3.63) is 64.9 Å². The topological polar surface area (TPSA) is 68.5 Å². The van der Waals surface area contributed by atoms with Crippen molar-refractivity contribution in [3.8, 4) is 0 Å². The summed E-state index contributed by atoms with van der Waals surface area (Å²) in [6.07, 6.45) is -0.948. The van der Waals surface area contributed by atoms with Crippen LogP contribution in [0.4, 0.5) is 5.69 Å². The molecule has 1 aromatic heterocycles. The van der Waals surface area contributed by atoms with Crippen molar-refractivity contribution in [3.63, 3.8) is 0 Å². The first kappa shape index (κ1) is 17.7. The van der Waals surface area contributed by atoms with Crippen molar-refractivity contribution >= 4 is 28.5 Å². The second kappa shape index (κ2) is 7.04. The number of carbonyl (C=O) groups excluding carboxylic acids is 2. The van der Waals surface area contributed by atoms with Crippen LogP contribution in [-0.4, -0.2) is 18.0 Å². The Bertz CT molecular complexity index is 987. The number of furan rings is 1. The van der Waals surface area contributed by atoms with Gasteiger partial charge in [0.05, 0.1) is 0 Å². The molecule has 0 aliphatic rings. The van der Waals surface area contributed by atoms with Gasteiger partial charge in [-0.25, -0.2) is 4.79 Å². The van der Waals surface area contributed by atoms with E-state index in [4.69, 9.17) is 9.15 Å². The summed E-state index contributed by atoms with van der Waals surface area (Å²) in [5.41, 5.74) is 4.07. The number of amides is 1. The third-order valence-electron chi connectivity index (χ3n) is 4.32. The number of benzene rings is 2. The van der Waals surface area contributed by atoms with Gasteiger partial charge < -0.3 is 14.5 Å². The molecule has 26 heavy (non-hydrogen) atoms. The minimum absolute atomic E-state index is 0.123. The fourth-order valence-electron chi connectivity index (χ4n) is 2.82. The summed E-state index contributed by atoms with van der Waals surface area (Å²) < 4.78 is 10.9.